The SMILES string of the molecule is COc1ccc(CN2CCC[C@@](O)(COc3ccccc3F)CC2)cc1OCCn1ccnc1. The van der Waals surface area contributed by atoms with Crippen LogP contribution in [0.25, 0.3) is 0 Å². The van der Waals surface area contributed by atoms with Crippen molar-refractivity contribution < 1.29 is 23.7 Å². The minimum absolute atomic E-state index is 0.0826. The van der Waals surface area contributed by atoms with E-state index in [0.29, 0.717) is 37.5 Å². The number of aliphatic hydroxyl groups is 1. The Morgan fingerprint density at radius 2 is 1.94 bits per heavy atom. The second kappa shape index (κ2) is 11.4. The number of rotatable bonds is 10. The Hall–Kier alpha value is -3.10. The lowest BCUT2D eigenvalue weighted by Crippen LogP contribution is -2.37. The van der Waals surface area contributed by atoms with Crippen molar-refractivity contribution in [2.75, 3.05) is 33.4 Å². The molecule has 0 radical (unpaired) electrons. The van der Waals surface area contributed by atoms with Gasteiger partial charge in [-0.3, -0.25) is 4.90 Å². The number of halogens is 1. The van der Waals surface area contributed by atoms with Crippen molar-refractivity contribution >= 4 is 0 Å². The van der Waals surface area contributed by atoms with E-state index in [1.54, 1.807) is 37.8 Å². The predicted molar refractivity (Wildman–Crippen MR) is 127 cm³/mol. The fourth-order valence-electron chi connectivity index (χ4n) is 4.18. The third-order valence-corrected chi connectivity index (χ3v) is 6.14. The normalized spacial score (nSPS) is 18.9. The fraction of sp³-hybridized carbons (Fsp3) is 0.423. The number of hydrogen-bond acceptors (Lipinski definition) is 6. The molecule has 0 unspecified atom stereocenters. The van der Waals surface area contributed by atoms with Crippen molar-refractivity contribution in [2.45, 2.75) is 38.0 Å². The maximum Gasteiger partial charge on any atom is 0.165 e. The van der Waals surface area contributed by atoms with Crippen LogP contribution >= 0.6 is 0 Å². The molecule has 1 saturated heterocycles. The summed E-state index contributed by atoms with van der Waals surface area (Å²) in [5, 5.41) is 11.1. The van der Waals surface area contributed by atoms with E-state index < -0.39 is 11.4 Å². The third kappa shape index (κ3) is 6.48. The maximum absolute atomic E-state index is 13.9. The highest BCUT2D eigenvalue weighted by Crippen LogP contribution is 2.30. The standard InChI is InChI=1S/C26H32FN3O4/c1-32-24-8-7-21(17-25(24)33-16-15-30-14-11-28-20-30)18-29-12-4-9-26(31,10-13-29)19-34-23-6-3-2-5-22(23)27/h2-3,5-8,11,14,17,20,31H,4,9-10,12-13,15-16,18-19H2,1H3/t26-/m0/s1. The first-order valence-corrected chi connectivity index (χ1v) is 11.6. The summed E-state index contributed by atoms with van der Waals surface area (Å²) in [6, 6.07) is 12.3. The zero-order valence-corrected chi connectivity index (χ0v) is 19.5. The summed E-state index contributed by atoms with van der Waals surface area (Å²) in [5.74, 6) is 1.18. The molecule has 2 heterocycles. The van der Waals surface area contributed by atoms with E-state index in [0.717, 1.165) is 31.6 Å². The molecular formula is C26H32FN3O4. The average molecular weight is 470 g/mol. The molecule has 182 valence electrons. The Labute approximate surface area is 199 Å². The number of hydrogen-bond donors (Lipinski definition) is 1. The van der Waals surface area contributed by atoms with Crippen molar-refractivity contribution in [3.8, 4) is 17.2 Å². The molecule has 0 bridgehead atoms. The number of benzene rings is 2. The fourth-order valence-corrected chi connectivity index (χ4v) is 4.18. The van der Waals surface area contributed by atoms with Crippen LogP contribution in [0.4, 0.5) is 4.39 Å². The highest BCUT2D eigenvalue weighted by molar-refractivity contribution is 5.43. The number of ether oxygens (including phenoxy) is 3. The quantitative estimate of drug-likeness (QED) is 0.486. The zero-order chi connectivity index (χ0) is 23.8. The number of para-hydroxylation sites is 1. The molecule has 8 heteroatoms. The number of aromatic nitrogens is 2. The minimum atomic E-state index is -0.974. The summed E-state index contributed by atoms with van der Waals surface area (Å²) in [6.07, 6.45) is 7.42. The van der Waals surface area contributed by atoms with Gasteiger partial charge in [-0.1, -0.05) is 18.2 Å². The molecule has 7 nitrogen and oxygen atoms in total. The summed E-state index contributed by atoms with van der Waals surface area (Å²) in [4.78, 5) is 6.36. The number of nitrogens with zero attached hydrogens (tertiary/aromatic N) is 3. The maximum atomic E-state index is 13.9. The lowest BCUT2D eigenvalue weighted by molar-refractivity contribution is -0.0177. The van der Waals surface area contributed by atoms with Gasteiger partial charge in [-0.15, -0.1) is 0 Å². The number of likely N-dealkylation sites (tertiary alicyclic amines) is 1. The van der Waals surface area contributed by atoms with Crippen LogP contribution in [-0.2, 0) is 13.1 Å². The molecule has 4 rings (SSSR count). The van der Waals surface area contributed by atoms with E-state index in [1.165, 1.54) is 6.07 Å². The molecule has 0 aliphatic carbocycles. The van der Waals surface area contributed by atoms with E-state index in [-0.39, 0.29) is 12.4 Å². The molecule has 1 aliphatic heterocycles. The van der Waals surface area contributed by atoms with Crippen molar-refractivity contribution in [3.05, 3.63) is 72.6 Å². The lowest BCUT2D eigenvalue weighted by atomic mass is 9.96. The van der Waals surface area contributed by atoms with Crippen molar-refractivity contribution in [1.29, 1.82) is 0 Å². The minimum Gasteiger partial charge on any atom is -0.493 e. The molecule has 1 aromatic heterocycles. The molecule has 34 heavy (non-hydrogen) atoms. The van der Waals surface area contributed by atoms with E-state index in [4.69, 9.17) is 14.2 Å². The highest BCUT2D eigenvalue weighted by atomic mass is 19.1. The summed E-state index contributed by atoms with van der Waals surface area (Å²) in [6.45, 7) is 3.62. The molecule has 1 N–H and O–H groups in total. The zero-order valence-electron chi connectivity index (χ0n) is 19.5. The van der Waals surface area contributed by atoms with E-state index in [9.17, 15) is 9.50 Å². The molecule has 0 amide bonds. The van der Waals surface area contributed by atoms with Crippen LogP contribution in [0, 0.1) is 5.82 Å². The molecule has 3 aromatic rings. The van der Waals surface area contributed by atoms with Crippen LogP contribution in [0.1, 0.15) is 24.8 Å². The Bertz CT molecular complexity index is 1050. The smallest absolute Gasteiger partial charge is 0.165 e. The van der Waals surface area contributed by atoms with Crippen LogP contribution in [-0.4, -0.2) is 58.6 Å². The summed E-state index contributed by atoms with van der Waals surface area (Å²) in [5.41, 5.74) is 0.143. The van der Waals surface area contributed by atoms with Gasteiger partial charge < -0.3 is 23.9 Å². The van der Waals surface area contributed by atoms with Gasteiger partial charge in [0.05, 0.1) is 25.6 Å². The summed E-state index contributed by atoms with van der Waals surface area (Å²) in [7, 11) is 1.64. The van der Waals surface area contributed by atoms with Crippen molar-refractivity contribution in [3.63, 3.8) is 0 Å². The number of imidazole rings is 1. The molecule has 0 spiro atoms. The first-order chi connectivity index (χ1) is 16.5. The van der Waals surface area contributed by atoms with Gasteiger partial charge in [0.15, 0.2) is 23.1 Å². The second-order valence-corrected chi connectivity index (χ2v) is 8.71. The van der Waals surface area contributed by atoms with Crippen molar-refractivity contribution in [1.82, 2.24) is 14.5 Å². The molecular weight excluding hydrogens is 437 g/mol. The average Bonchev–Trinajstić information content (AvgIpc) is 3.29. The van der Waals surface area contributed by atoms with Crippen LogP contribution < -0.4 is 14.2 Å². The van der Waals surface area contributed by atoms with Gasteiger partial charge in [0.2, 0.25) is 0 Å². The van der Waals surface area contributed by atoms with Crippen LogP contribution in [0.2, 0.25) is 0 Å². The van der Waals surface area contributed by atoms with Crippen LogP contribution in [0.5, 0.6) is 17.2 Å². The Morgan fingerprint density at radius 1 is 1.06 bits per heavy atom. The second-order valence-electron chi connectivity index (χ2n) is 8.71. The Balaban J connectivity index is 1.32. The highest BCUT2D eigenvalue weighted by Gasteiger charge is 2.31. The van der Waals surface area contributed by atoms with Crippen molar-refractivity contribution in [2.24, 2.45) is 0 Å². The van der Waals surface area contributed by atoms with Gasteiger partial charge in [-0.25, -0.2) is 9.37 Å². The van der Waals surface area contributed by atoms with Gasteiger partial charge in [0.25, 0.3) is 0 Å². The first-order valence-electron chi connectivity index (χ1n) is 11.6. The lowest BCUT2D eigenvalue weighted by Gasteiger charge is -2.27. The van der Waals surface area contributed by atoms with Gasteiger partial charge in [-0.2, -0.15) is 0 Å². The summed E-state index contributed by atoms with van der Waals surface area (Å²) >= 11 is 0. The van der Waals surface area contributed by atoms with Gasteiger partial charge in [0.1, 0.15) is 13.2 Å². The van der Waals surface area contributed by atoms with Gasteiger partial charge in [-0.05, 0) is 55.6 Å². The number of methoxy groups -OCH3 is 1. The molecule has 1 atom stereocenters. The van der Waals surface area contributed by atoms with Gasteiger partial charge in [0, 0.05) is 25.5 Å². The summed E-state index contributed by atoms with van der Waals surface area (Å²) < 4.78 is 32.9. The molecule has 1 aliphatic rings. The largest absolute Gasteiger partial charge is 0.493 e. The van der Waals surface area contributed by atoms with Crippen LogP contribution in [0.15, 0.2) is 61.2 Å². The first kappa shape index (κ1) is 24.0. The van der Waals surface area contributed by atoms with E-state index >= 15 is 0 Å². The Morgan fingerprint density at radius 3 is 2.74 bits per heavy atom. The molecule has 1 fully saturated rings. The van der Waals surface area contributed by atoms with E-state index in [2.05, 4.69) is 9.88 Å². The predicted octanol–water partition coefficient (Wildman–Crippen LogP) is 3.91. The monoisotopic (exact) mass is 469 g/mol. The topological polar surface area (TPSA) is 69.0 Å². The van der Waals surface area contributed by atoms with Gasteiger partial charge >= 0.3 is 0 Å². The molecule has 2 aromatic carbocycles. The van der Waals surface area contributed by atoms with E-state index in [1.807, 2.05) is 29.0 Å². The van der Waals surface area contributed by atoms with Crippen LogP contribution in [0.3, 0.4) is 0 Å². The Kier molecular flexibility index (Phi) is 8.03. The molecule has 0 saturated carbocycles. The third-order valence-electron chi connectivity index (χ3n) is 6.14.